The predicted octanol–water partition coefficient (Wildman–Crippen LogP) is 5.01. The zero-order valence-corrected chi connectivity index (χ0v) is 14.9. The Bertz CT molecular complexity index is 844. The van der Waals surface area contributed by atoms with Gasteiger partial charge in [0, 0.05) is 22.2 Å². The van der Waals surface area contributed by atoms with E-state index in [4.69, 9.17) is 4.74 Å². The summed E-state index contributed by atoms with van der Waals surface area (Å²) in [6.45, 7) is 2.02. The third kappa shape index (κ3) is 3.93. The average Bonchev–Trinajstić information content (AvgIpc) is 2.95. The summed E-state index contributed by atoms with van der Waals surface area (Å²) in [7, 11) is 1.65. The maximum absolute atomic E-state index is 9.76. The van der Waals surface area contributed by atoms with Crippen molar-refractivity contribution in [3.63, 3.8) is 0 Å². The van der Waals surface area contributed by atoms with Gasteiger partial charge in [-0.05, 0) is 43.3 Å². The number of aromatic hydroxyl groups is 1. The number of aromatic nitrogens is 1. The minimum absolute atomic E-state index is 0. The van der Waals surface area contributed by atoms with E-state index in [1.54, 1.807) is 25.5 Å². The number of methoxy groups -OCH3 is 1. The number of hydrogen-bond acceptors (Lipinski definition) is 5. The van der Waals surface area contributed by atoms with Crippen LogP contribution in [0.4, 0.5) is 5.13 Å². The largest absolute Gasteiger partial charge is 0.507 e. The molecule has 0 atom stereocenters. The van der Waals surface area contributed by atoms with Crippen molar-refractivity contribution in [1.29, 1.82) is 0 Å². The van der Waals surface area contributed by atoms with Crippen LogP contribution in [0.1, 0.15) is 10.4 Å². The molecule has 4 nitrogen and oxygen atoms in total. The molecule has 0 spiro atoms. The number of nitrogens with zero attached hydrogens (tertiary/aromatic N) is 2. The summed E-state index contributed by atoms with van der Waals surface area (Å²) < 4.78 is 5.17. The first-order chi connectivity index (χ1) is 11.2. The first kappa shape index (κ1) is 18.0. The Morgan fingerprint density at radius 3 is 2.50 bits per heavy atom. The zero-order chi connectivity index (χ0) is 16.2. The fraction of sp³-hybridized carbons (Fsp3) is 0.111. The van der Waals surface area contributed by atoms with E-state index in [0.29, 0.717) is 10.7 Å². The molecule has 0 unspecified atom stereocenters. The molecule has 0 aliphatic carbocycles. The standard InChI is InChI=1S/C18H16N2O2S.ClH/c1-12-17(13-7-9-15(22-2)10-8-13)20-18(23-12)19-11-14-5-3-4-6-16(14)21;/h3-11,21H,1-2H3;1H. The molecular formula is C18H17ClN2O2S. The van der Waals surface area contributed by atoms with Gasteiger partial charge in [-0.3, -0.25) is 0 Å². The molecule has 0 bridgehead atoms. The zero-order valence-electron chi connectivity index (χ0n) is 13.3. The first-order valence-corrected chi connectivity index (χ1v) is 7.93. The Balaban J connectivity index is 0.00000208. The number of rotatable bonds is 4. The van der Waals surface area contributed by atoms with Gasteiger partial charge in [-0.2, -0.15) is 0 Å². The lowest BCUT2D eigenvalue weighted by molar-refractivity contribution is 0.415. The summed E-state index contributed by atoms with van der Waals surface area (Å²) in [5.74, 6) is 1.03. The van der Waals surface area contributed by atoms with Crippen molar-refractivity contribution in [1.82, 2.24) is 4.98 Å². The molecule has 0 saturated carbocycles. The summed E-state index contributed by atoms with van der Waals surface area (Å²) in [4.78, 5) is 10.1. The third-order valence-corrected chi connectivity index (χ3v) is 4.28. The summed E-state index contributed by atoms with van der Waals surface area (Å²) in [6.07, 6.45) is 1.63. The molecule has 3 rings (SSSR count). The fourth-order valence-electron chi connectivity index (χ4n) is 2.18. The van der Waals surface area contributed by atoms with Gasteiger partial charge in [-0.25, -0.2) is 9.98 Å². The minimum Gasteiger partial charge on any atom is -0.507 e. The molecule has 1 aromatic heterocycles. The number of benzene rings is 2. The van der Waals surface area contributed by atoms with E-state index in [2.05, 4.69) is 9.98 Å². The van der Waals surface area contributed by atoms with E-state index < -0.39 is 0 Å². The second kappa shape index (κ2) is 7.95. The summed E-state index contributed by atoms with van der Waals surface area (Å²) >= 11 is 1.52. The van der Waals surface area contributed by atoms with Crippen molar-refractivity contribution in [3.05, 3.63) is 59.0 Å². The van der Waals surface area contributed by atoms with Gasteiger partial charge in [0.1, 0.15) is 11.5 Å². The molecule has 0 amide bonds. The number of thiazole rings is 1. The number of ether oxygens (including phenoxy) is 1. The van der Waals surface area contributed by atoms with Crippen LogP contribution in [0.15, 0.2) is 53.5 Å². The Morgan fingerprint density at radius 2 is 1.83 bits per heavy atom. The topological polar surface area (TPSA) is 54.7 Å². The highest BCUT2D eigenvalue weighted by Crippen LogP contribution is 2.32. The molecule has 6 heteroatoms. The number of para-hydroxylation sites is 1. The molecule has 2 aromatic carbocycles. The predicted molar refractivity (Wildman–Crippen MR) is 101 cm³/mol. The quantitative estimate of drug-likeness (QED) is 0.666. The lowest BCUT2D eigenvalue weighted by Gasteiger charge is -2.01. The van der Waals surface area contributed by atoms with Crippen LogP contribution < -0.4 is 4.74 Å². The molecule has 1 heterocycles. The van der Waals surface area contributed by atoms with Crippen LogP contribution >= 0.6 is 23.7 Å². The number of halogens is 1. The Labute approximate surface area is 150 Å². The normalized spacial score (nSPS) is 10.6. The van der Waals surface area contributed by atoms with Crippen molar-refractivity contribution in [2.75, 3.05) is 7.11 Å². The van der Waals surface area contributed by atoms with Crippen molar-refractivity contribution in [2.24, 2.45) is 4.99 Å². The van der Waals surface area contributed by atoms with Crippen LogP contribution in [0.5, 0.6) is 11.5 Å². The van der Waals surface area contributed by atoms with Crippen molar-refractivity contribution < 1.29 is 9.84 Å². The Morgan fingerprint density at radius 1 is 1.12 bits per heavy atom. The third-order valence-electron chi connectivity index (χ3n) is 3.40. The second-order valence-electron chi connectivity index (χ2n) is 4.95. The highest BCUT2D eigenvalue weighted by molar-refractivity contribution is 7.15. The highest BCUT2D eigenvalue weighted by Gasteiger charge is 2.09. The summed E-state index contributed by atoms with van der Waals surface area (Å²) in [5.41, 5.74) is 2.62. The van der Waals surface area contributed by atoms with E-state index in [1.165, 1.54) is 11.3 Å². The molecule has 1 N–H and O–H groups in total. The van der Waals surface area contributed by atoms with Gasteiger partial charge >= 0.3 is 0 Å². The number of aliphatic imine (C=N–C) groups is 1. The smallest absolute Gasteiger partial charge is 0.209 e. The van der Waals surface area contributed by atoms with E-state index in [1.807, 2.05) is 43.3 Å². The fourth-order valence-corrected chi connectivity index (χ4v) is 2.95. The summed E-state index contributed by atoms with van der Waals surface area (Å²) in [5, 5.41) is 10.4. The number of aryl methyl sites for hydroxylation is 1. The maximum Gasteiger partial charge on any atom is 0.209 e. The van der Waals surface area contributed by atoms with E-state index in [-0.39, 0.29) is 18.2 Å². The molecule has 3 aromatic rings. The molecule has 0 aliphatic heterocycles. The van der Waals surface area contributed by atoms with Gasteiger partial charge in [0.15, 0.2) is 0 Å². The number of phenolic OH excluding ortho intramolecular Hbond substituents is 1. The van der Waals surface area contributed by atoms with Crippen LogP contribution in [-0.4, -0.2) is 23.4 Å². The summed E-state index contributed by atoms with van der Waals surface area (Å²) in [6, 6.07) is 14.9. The SMILES string of the molecule is COc1ccc(-c2nc(N=Cc3ccccc3O)sc2C)cc1.Cl. The van der Waals surface area contributed by atoms with Crippen LogP contribution in [0.25, 0.3) is 11.3 Å². The minimum atomic E-state index is 0. The van der Waals surface area contributed by atoms with Gasteiger partial charge in [0.2, 0.25) is 5.13 Å². The molecule has 0 fully saturated rings. The monoisotopic (exact) mass is 360 g/mol. The van der Waals surface area contributed by atoms with E-state index >= 15 is 0 Å². The molecule has 0 radical (unpaired) electrons. The van der Waals surface area contributed by atoms with Gasteiger partial charge in [-0.15, -0.1) is 12.4 Å². The molecule has 124 valence electrons. The molecular weight excluding hydrogens is 344 g/mol. The lowest BCUT2D eigenvalue weighted by atomic mass is 10.1. The molecule has 0 saturated heterocycles. The van der Waals surface area contributed by atoms with Gasteiger partial charge in [0.25, 0.3) is 0 Å². The van der Waals surface area contributed by atoms with E-state index in [0.717, 1.165) is 21.9 Å². The van der Waals surface area contributed by atoms with Crippen molar-refractivity contribution in [3.8, 4) is 22.8 Å². The van der Waals surface area contributed by atoms with Crippen LogP contribution in [0, 0.1) is 6.92 Å². The van der Waals surface area contributed by atoms with Crippen molar-refractivity contribution >= 4 is 35.1 Å². The first-order valence-electron chi connectivity index (χ1n) is 7.11. The van der Waals surface area contributed by atoms with Gasteiger partial charge < -0.3 is 9.84 Å². The van der Waals surface area contributed by atoms with Crippen LogP contribution in [-0.2, 0) is 0 Å². The second-order valence-corrected chi connectivity index (χ2v) is 6.13. The van der Waals surface area contributed by atoms with Gasteiger partial charge in [-0.1, -0.05) is 23.5 Å². The Hall–Kier alpha value is -2.37. The highest BCUT2D eigenvalue weighted by atomic mass is 35.5. The van der Waals surface area contributed by atoms with Crippen LogP contribution in [0.3, 0.4) is 0 Å². The van der Waals surface area contributed by atoms with Crippen LogP contribution in [0.2, 0.25) is 0 Å². The van der Waals surface area contributed by atoms with Crippen molar-refractivity contribution in [2.45, 2.75) is 6.92 Å². The Kier molecular flexibility index (Phi) is 5.95. The number of phenols is 1. The molecule has 0 aliphatic rings. The van der Waals surface area contributed by atoms with Gasteiger partial charge in [0.05, 0.1) is 12.8 Å². The average molecular weight is 361 g/mol. The number of hydrogen-bond donors (Lipinski definition) is 1. The van der Waals surface area contributed by atoms with E-state index in [9.17, 15) is 5.11 Å². The lowest BCUT2D eigenvalue weighted by Crippen LogP contribution is -1.84. The maximum atomic E-state index is 9.76. The molecule has 24 heavy (non-hydrogen) atoms.